The summed E-state index contributed by atoms with van der Waals surface area (Å²) in [5.41, 5.74) is 0.900. The van der Waals surface area contributed by atoms with Crippen molar-refractivity contribution in [2.75, 3.05) is 11.4 Å². The van der Waals surface area contributed by atoms with Crippen molar-refractivity contribution in [3.63, 3.8) is 0 Å². The van der Waals surface area contributed by atoms with Crippen molar-refractivity contribution < 1.29 is 5.11 Å². The van der Waals surface area contributed by atoms with Crippen LogP contribution in [0, 0.1) is 5.92 Å². The van der Waals surface area contributed by atoms with Gasteiger partial charge in [0, 0.05) is 24.3 Å². The summed E-state index contributed by atoms with van der Waals surface area (Å²) in [5.74, 6) is 1.49. The largest absolute Gasteiger partial charge is 0.392 e. The van der Waals surface area contributed by atoms with E-state index in [4.69, 9.17) is 0 Å². The molecule has 0 aliphatic rings. The Labute approximate surface area is 98.1 Å². The first-order valence-corrected chi connectivity index (χ1v) is 5.87. The Morgan fingerprint density at radius 3 is 2.50 bits per heavy atom. The van der Waals surface area contributed by atoms with E-state index in [9.17, 15) is 5.11 Å². The molecule has 0 spiro atoms. The van der Waals surface area contributed by atoms with Crippen LogP contribution in [0.15, 0.2) is 18.3 Å². The highest BCUT2D eigenvalue weighted by Gasteiger charge is 2.16. The zero-order valence-corrected chi connectivity index (χ0v) is 10.6. The molecule has 1 aromatic rings. The van der Waals surface area contributed by atoms with E-state index in [1.54, 1.807) is 6.20 Å². The Morgan fingerprint density at radius 2 is 2.00 bits per heavy atom. The van der Waals surface area contributed by atoms with E-state index in [1.165, 1.54) is 0 Å². The second kappa shape index (κ2) is 5.85. The number of anilines is 1. The second-order valence-corrected chi connectivity index (χ2v) is 4.78. The van der Waals surface area contributed by atoms with E-state index in [0.717, 1.165) is 17.9 Å². The minimum absolute atomic E-state index is 0.0461. The Morgan fingerprint density at radius 1 is 1.31 bits per heavy atom. The van der Waals surface area contributed by atoms with Gasteiger partial charge in [0.15, 0.2) is 0 Å². The summed E-state index contributed by atoms with van der Waals surface area (Å²) in [7, 11) is 0. The van der Waals surface area contributed by atoms with E-state index in [0.29, 0.717) is 12.0 Å². The molecule has 0 aromatic carbocycles. The molecular weight excluding hydrogens is 200 g/mol. The smallest absolute Gasteiger partial charge is 0.134 e. The first-order valence-electron chi connectivity index (χ1n) is 5.87. The van der Waals surface area contributed by atoms with Crippen LogP contribution in [-0.2, 0) is 6.61 Å². The highest BCUT2D eigenvalue weighted by molar-refractivity contribution is 5.47. The topological polar surface area (TPSA) is 36.4 Å². The van der Waals surface area contributed by atoms with Crippen molar-refractivity contribution in [1.82, 2.24) is 4.98 Å². The molecule has 0 atom stereocenters. The van der Waals surface area contributed by atoms with Gasteiger partial charge >= 0.3 is 0 Å². The molecule has 90 valence electrons. The quantitative estimate of drug-likeness (QED) is 0.831. The van der Waals surface area contributed by atoms with Crippen LogP contribution in [-0.4, -0.2) is 22.7 Å². The Bertz CT molecular complexity index is 323. The predicted octanol–water partition coefficient (Wildman–Crippen LogP) is 2.44. The first kappa shape index (κ1) is 13.0. The Balaban J connectivity index is 3.00. The zero-order valence-electron chi connectivity index (χ0n) is 10.6. The maximum atomic E-state index is 9.32. The minimum Gasteiger partial charge on any atom is -0.392 e. The molecule has 3 heteroatoms. The molecule has 0 bridgehead atoms. The molecule has 0 aliphatic carbocycles. The van der Waals surface area contributed by atoms with Crippen LogP contribution in [0.25, 0.3) is 0 Å². The van der Waals surface area contributed by atoms with Crippen molar-refractivity contribution >= 4 is 5.82 Å². The Kier molecular flexibility index (Phi) is 4.74. The molecule has 3 nitrogen and oxygen atoms in total. The van der Waals surface area contributed by atoms with Gasteiger partial charge < -0.3 is 10.0 Å². The highest BCUT2D eigenvalue weighted by atomic mass is 16.3. The average Bonchev–Trinajstić information content (AvgIpc) is 2.25. The molecule has 0 radical (unpaired) electrons. The van der Waals surface area contributed by atoms with E-state index in [-0.39, 0.29) is 6.61 Å². The van der Waals surface area contributed by atoms with Gasteiger partial charge in [0.1, 0.15) is 5.82 Å². The maximum absolute atomic E-state index is 9.32. The lowest BCUT2D eigenvalue weighted by molar-refractivity contribution is 0.281. The third kappa shape index (κ3) is 3.20. The van der Waals surface area contributed by atoms with Gasteiger partial charge in [-0.05, 0) is 25.8 Å². The van der Waals surface area contributed by atoms with Gasteiger partial charge in [-0.25, -0.2) is 4.98 Å². The molecule has 1 N–H and O–H groups in total. The molecule has 0 saturated carbocycles. The second-order valence-electron chi connectivity index (χ2n) is 4.78. The molecule has 1 heterocycles. The van der Waals surface area contributed by atoms with Gasteiger partial charge in [-0.3, -0.25) is 0 Å². The van der Waals surface area contributed by atoms with Crippen LogP contribution in [0.1, 0.15) is 33.3 Å². The number of pyridine rings is 1. The van der Waals surface area contributed by atoms with Gasteiger partial charge in [-0.1, -0.05) is 19.9 Å². The summed E-state index contributed by atoms with van der Waals surface area (Å²) in [6.45, 7) is 9.69. The number of hydrogen-bond acceptors (Lipinski definition) is 3. The van der Waals surface area contributed by atoms with Gasteiger partial charge in [-0.2, -0.15) is 0 Å². The fourth-order valence-electron chi connectivity index (χ4n) is 1.75. The summed E-state index contributed by atoms with van der Waals surface area (Å²) in [6, 6.07) is 4.18. The third-order valence-electron chi connectivity index (χ3n) is 2.50. The van der Waals surface area contributed by atoms with E-state index < -0.39 is 0 Å². The number of nitrogens with zero attached hydrogens (tertiary/aromatic N) is 2. The van der Waals surface area contributed by atoms with Gasteiger partial charge in [-0.15, -0.1) is 0 Å². The minimum atomic E-state index is 0.0461. The van der Waals surface area contributed by atoms with Crippen LogP contribution < -0.4 is 4.90 Å². The van der Waals surface area contributed by atoms with E-state index in [1.807, 2.05) is 12.1 Å². The number of aromatic nitrogens is 1. The van der Waals surface area contributed by atoms with E-state index >= 15 is 0 Å². The molecule has 1 rings (SSSR count). The third-order valence-corrected chi connectivity index (χ3v) is 2.50. The van der Waals surface area contributed by atoms with Crippen molar-refractivity contribution in [3.8, 4) is 0 Å². The monoisotopic (exact) mass is 222 g/mol. The van der Waals surface area contributed by atoms with Gasteiger partial charge in [0.05, 0.1) is 6.61 Å². The molecule has 0 fully saturated rings. The average molecular weight is 222 g/mol. The maximum Gasteiger partial charge on any atom is 0.134 e. The molecule has 0 amide bonds. The van der Waals surface area contributed by atoms with Crippen LogP contribution in [0.3, 0.4) is 0 Å². The van der Waals surface area contributed by atoms with Crippen LogP contribution in [0.5, 0.6) is 0 Å². The van der Waals surface area contributed by atoms with Gasteiger partial charge in [0.25, 0.3) is 0 Å². The molecular formula is C13H22N2O. The summed E-state index contributed by atoms with van der Waals surface area (Å²) in [5, 5.41) is 9.32. The van der Waals surface area contributed by atoms with Crippen LogP contribution >= 0.6 is 0 Å². The lowest BCUT2D eigenvalue weighted by Gasteiger charge is -2.31. The molecule has 1 aromatic heterocycles. The van der Waals surface area contributed by atoms with Crippen molar-refractivity contribution in [2.24, 2.45) is 5.92 Å². The van der Waals surface area contributed by atoms with Crippen molar-refractivity contribution in [1.29, 1.82) is 0 Å². The number of rotatable bonds is 5. The number of aliphatic hydroxyl groups is 1. The fraction of sp³-hybridized carbons (Fsp3) is 0.615. The molecule has 0 unspecified atom stereocenters. The first-order chi connectivity index (χ1) is 7.56. The Hall–Kier alpha value is -1.09. The zero-order chi connectivity index (χ0) is 12.1. The molecule has 16 heavy (non-hydrogen) atoms. The summed E-state index contributed by atoms with van der Waals surface area (Å²) < 4.78 is 0. The lowest BCUT2D eigenvalue weighted by Crippen LogP contribution is -2.35. The fourth-order valence-corrected chi connectivity index (χ4v) is 1.75. The lowest BCUT2D eigenvalue weighted by atomic mass is 10.1. The highest BCUT2D eigenvalue weighted by Crippen LogP contribution is 2.20. The van der Waals surface area contributed by atoms with Crippen molar-refractivity contribution in [2.45, 2.75) is 40.3 Å². The molecule has 0 saturated heterocycles. The normalized spacial score (nSPS) is 11.2. The summed E-state index contributed by atoms with van der Waals surface area (Å²) >= 11 is 0. The number of aliphatic hydroxyl groups excluding tert-OH is 1. The number of hydrogen-bond donors (Lipinski definition) is 1. The van der Waals surface area contributed by atoms with E-state index in [2.05, 4.69) is 37.6 Å². The summed E-state index contributed by atoms with van der Waals surface area (Å²) in [6.07, 6.45) is 1.78. The van der Waals surface area contributed by atoms with Crippen LogP contribution in [0.2, 0.25) is 0 Å². The standard InChI is InChI=1S/C13H22N2O/c1-10(2)8-15(11(3)4)13-12(9-16)6-5-7-14-13/h5-7,10-11,16H,8-9H2,1-4H3. The van der Waals surface area contributed by atoms with Crippen molar-refractivity contribution in [3.05, 3.63) is 23.9 Å². The summed E-state index contributed by atoms with van der Waals surface area (Å²) in [4.78, 5) is 6.64. The van der Waals surface area contributed by atoms with Crippen LogP contribution in [0.4, 0.5) is 5.82 Å². The SMILES string of the molecule is CC(C)CN(c1ncccc1CO)C(C)C. The van der Waals surface area contributed by atoms with Gasteiger partial charge in [0.2, 0.25) is 0 Å². The molecule has 0 aliphatic heterocycles. The predicted molar refractivity (Wildman–Crippen MR) is 67.5 cm³/mol.